The van der Waals surface area contributed by atoms with E-state index < -0.39 is 41.2 Å². The summed E-state index contributed by atoms with van der Waals surface area (Å²) in [5.41, 5.74) is 0.501. The molecule has 0 bridgehead atoms. The number of hydrogen-bond acceptors (Lipinski definition) is 7. The van der Waals surface area contributed by atoms with Gasteiger partial charge in [0.1, 0.15) is 12.2 Å². The van der Waals surface area contributed by atoms with Gasteiger partial charge in [-0.25, -0.2) is 14.4 Å². The minimum Gasteiger partial charge on any atom is -0.463 e. The first-order valence-electron chi connectivity index (χ1n) is 9.77. The van der Waals surface area contributed by atoms with Crippen molar-refractivity contribution < 1.29 is 28.8 Å². The van der Waals surface area contributed by atoms with Crippen LogP contribution in [0.15, 0.2) is 59.8 Å². The van der Waals surface area contributed by atoms with Crippen molar-refractivity contribution in [2.45, 2.75) is 19.9 Å². The number of esters is 2. The van der Waals surface area contributed by atoms with Gasteiger partial charge in [0.05, 0.1) is 28.8 Å². The summed E-state index contributed by atoms with van der Waals surface area (Å²) in [6.07, 6.45) is 0. The number of amides is 2. The van der Waals surface area contributed by atoms with Crippen LogP contribution in [0.2, 0.25) is 0 Å². The van der Waals surface area contributed by atoms with E-state index in [9.17, 15) is 24.5 Å². The fourth-order valence-electron chi connectivity index (χ4n) is 3.36. The minimum atomic E-state index is -0.949. The van der Waals surface area contributed by atoms with Gasteiger partial charge in [-0.1, -0.05) is 42.5 Å². The maximum absolute atomic E-state index is 12.7. The van der Waals surface area contributed by atoms with Gasteiger partial charge in [0.15, 0.2) is 0 Å². The van der Waals surface area contributed by atoms with E-state index in [0.29, 0.717) is 11.1 Å². The van der Waals surface area contributed by atoms with Crippen molar-refractivity contribution in [2.75, 3.05) is 13.2 Å². The van der Waals surface area contributed by atoms with Crippen LogP contribution in [0.3, 0.4) is 0 Å². The first kappa shape index (κ1) is 22.5. The Morgan fingerprint density at radius 1 is 1.06 bits per heavy atom. The van der Waals surface area contributed by atoms with Crippen molar-refractivity contribution >= 4 is 23.7 Å². The second-order valence-electron chi connectivity index (χ2n) is 6.86. The number of rotatable bonds is 7. The molecule has 10 heteroatoms. The molecule has 2 aromatic carbocycles. The number of aryl methyl sites for hydroxylation is 1. The van der Waals surface area contributed by atoms with E-state index in [0.717, 1.165) is 0 Å². The maximum atomic E-state index is 12.7. The van der Waals surface area contributed by atoms with E-state index in [4.69, 9.17) is 9.47 Å². The molecule has 0 radical (unpaired) electrons. The summed E-state index contributed by atoms with van der Waals surface area (Å²) in [6, 6.07) is 11.5. The highest BCUT2D eigenvalue weighted by molar-refractivity contribution is 5.97. The molecule has 32 heavy (non-hydrogen) atoms. The number of nitrogens with one attached hydrogen (secondary N) is 2. The lowest BCUT2D eigenvalue weighted by Crippen LogP contribution is -2.47. The quantitative estimate of drug-likeness (QED) is 0.384. The average Bonchev–Trinajstić information content (AvgIpc) is 2.77. The minimum absolute atomic E-state index is 0.0330. The molecule has 0 saturated carbocycles. The SMILES string of the molecule is CCOC(=O)C1=C(COC(=O)c2c(C)cccc2[N+](=O)[O-])NC(=O)NC1c1ccccc1. The van der Waals surface area contributed by atoms with E-state index in [-0.39, 0.29) is 23.4 Å². The molecule has 166 valence electrons. The molecule has 1 aliphatic rings. The monoisotopic (exact) mass is 439 g/mol. The van der Waals surface area contributed by atoms with Crippen LogP contribution in [-0.2, 0) is 14.3 Å². The Balaban J connectivity index is 1.96. The lowest BCUT2D eigenvalue weighted by Gasteiger charge is -2.29. The van der Waals surface area contributed by atoms with E-state index in [2.05, 4.69) is 10.6 Å². The van der Waals surface area contributed by atoms with Crippen molar-refractivity contribution in [1.82, 2.24) is 10.6 Å². The van der Waals surface area contributed by atoms with Gasteiger partial charge in [-0.15, -0.1) is 0 Å². The molecule has 10 nitrogen and oxygen atoms in total. The molecule has 2 aromatic rings. The Morgan fingerprint density at radius 3 is 2.44 bits per heavy atom. The third kappa shape index (κ3) is 4.75. The molecule has 2 N–H and O–H groups in total. The highest BCUT2D eigenvalue weighted by Crippen LogP contribution is 2.28. The second kappa shape index (κ2) is 9.73. The zero-order valence-corrected chi connectivity index (χ0v) is 17.4. The van der Waals surface area contributed by atoms with Crippen molar-refractivity contribution in [3.8, 4) is 0 Å². The number of hydrogen-bond donors (Lipinski definition) is 2. The fraction of sp³-hybridized carbons (Fsp3) is 0.227. The number of carbonyl (C=O) groups excluding carboxylic acids is 3. The summed E-state index contributed by atoms with van der Waals surface area (Å²) in [4.78, 5) is 48.3. The lowest BCUT2D eigenvalue weighted by atomic mass is 9.95. The Hall–Kier alpha value is -4.21. The third-order valence-corrected chi connectivity index (χ3v) is 4.78. The normalized spacial score (nSPS) is 15.4. The summed E-state index contributed by atoms with van der Waals surface area (Å²) < 4.78 is 10.4. The van der Waals surface area contributed by atoms with E-state index >= 15 is 0 Å². The predicted molar refractivity (Wildman–Crippen MR) is 113 cm³/mol. The van der Waals surface area contributed by atoms with Gasteiger partial charge in [0.25, 0.3) is 5.69 Å². The maximum Gasteiger partial charge on any atom is 0.345 e. The molecular formula is C22H21N3O7. The largest absolute Gasteiger partial charge is 0.463 e. The van der Waals surface area contributed by atoms with Gasteiger partial charge < -0.3 is 20.1 Å². The Morgan fingerprint density at radius 2 is 1.78 bits per heavy atom. The van der Waals surface area contributed by atoms with Gasteiger partial charge in [0, 0.05) is 6.07 Å². The van der Waals surface area contributed by atoms with Crippen LogP contribution in [0.4, 0.5) is 10.5 Å². The van der Waals surface area contributed by atoms with Crippen LogP contribution < -0.4 is 10.6 Å². The Labute approximate surface area is 183 Å². The molecule has 1 heterocycles. The number of nitrogens with zero attached hydrogens (tertiary/aromatic N) is 1. The molecule has 0 aromatic heterocycles. The zero-order chi connectivity index (χ0) is 23.3. The number of urea groups is 1. The summed E-state index contributed by atoms with van der Waals surface area (Å²) in [7, 11) is 0. The smallest absolute Gasteiger partial charge is 0.345 e. The number of nitro groups is 1. The van der Waals surface area contributed by atoms with Gasteiger partial charge in [0.2, 0.25) is 0 Å². The standard InChI is InChI=1S/C22H21N3O7/c1-3-31-21(27)18-15(23-22(28)24-19(18)14-9-5-4-6-10-14)12-32-20(26)17-13(2)8-7-11-16(17)25(29)30/h4-11,19H,3,12H2,1-2H3,(H2,23,24,28). The van der Waals surface area contributed by atoms with Crippen LogP contribution in [-0.4, -0.2) is 36.1 Å². The van der Waals surface area contributed by atoms with Crippen LogP contribution in [0.1, 0.15) is 34.5 Å². The third-order valence-electron chi connectivity index (χ3n) is 4.78. The van der Waals surface area contributed by atoms with Crippen molar-refractivity contribution in [2.24, 2.45) is 0 Å². The number of ether oxygens (including phenoxy) is 2. The van der Waals surface area contributed by atoms with Gasteiger partial charge in [-0.05, 0) is 25.0 Å². The topological polar surface area (TPSA) is 137 Å². The molecule has 0 spiro atoms. The Kier molecular flexibility index (Phi) is 6.83. The van der Waals surface area contributed by atoms with E-state index in [1.165, 1.54) is 12.1 Å². The molecule has 1 atom stereocenters. The highest BCUT2D eigenvalue weighted by atomic mass is 16.6. The van der Waals surface area contributed by atoms with Crippen LogP contribution in [0.25, 0.3) is 0 Å². The van der Waals surface area contributed by atoms with Gasteiger partial charge in [-0.3, -0.25) is 10.1 Å². The fourth-order valence-corrected chi connectivity index (χ4v) is 3.36. The lowest BCUT2D eigenvalue weighted by molar-refractivity contribution is -0.385. The number of benzene rings is 2. The molecule has 1 unspecified atom stereocenters. The molecular weight excluding hydrogens is 418 g/mol. The van der Waals surface area contributed by atoms with E-state index in [1.54, 1.807) is 50.2 Å². The van der Waals surface area contributed by atoms with Crippen molar-refractivity contribution in [3.63, 3.8) is 0 Å². The highest BCUT2D eigenvalue weighted by Gasteiger charge is 2.34. The summed E-state index contributed by atoms with van der Waals surface area (Å²) in [5.74, 6) is -1.64. The Bertz CT molecular complexity index is 1100. The van der Waals surface area contributed by atoms with Gasteiger partial charge >= 0.3 is 18.0 Å². The first-order chi connectivity index (χ1) is 15.3. The summed E-state index contributed by atoms with van der Waals surface area (Å²) in [6.45, 7) is 2.79. The van der Waals surface area contributed by atoms with Crippen molar-refractivity contribution in [1.29, 1.82) is 0 Å². The van der Waals surface area contributed by atoms with Gasteiger partial charge in [-0.2, -0.15) is 0 Å². The predicted octanol–water partition coefficient (Wildman–Crippen LogP) is 2.93. The van der Waals surface area contributed by atoms with Crippen molar-refractivity contribution in [3.05, 3.63) is 86.6 Å². The summed E-state index contributed by atoms with van der Waals surface area (Å²) in [5, 5.41) is 16.5. The first-order valence-corrected chi connectivity index (χ1v) is 9.77. The molecule has 1 aliphatic heterocycles. The second-order valence-corrected chi connectivity index (χ2v) is 6.86. The molecule has 0 aliphatic carbocycles. The molecule has 0 fully saturated rings. The van der Waals surface area contributed by atoms with Crippen LogP contribution >= 0.6 is 0 Å². The number of carbonyl (C=O) groups is 3. The van der Waals surface area contributed by atoms with Crippen LogP contribution in [0.5, 0.6) is 0 Å². The summed E-state index contributed by atoms with van der Waals surface area (Å²) >= 11 is 0. The number of nitro benzene ring substituents is 1. The molecule has 2 amide bonds. The average molecular weight is 439 g/mol. The van der Waals surface area contributed by atoms with E-state index in [1.807, 2.05) is 0 Å². The zero-order valence-electron chi connectivity index (χ0n) is 17.4. The molecule has 0 saturated heterocycles. The molecule has 3 rings (SSSR count). The van der Waals surface area contributed by atoms with Crippen LogP contribution in [0, 0.1) is 17.0 Å².